The van der Waals surface area contributed by atoms with Crippen LogP contribution in [0, 0.1) is 27.7 Å². The highest BCUT2D eigenvalue weighted by molar-refractivity contribution is 7.12. The normalized spacial score (nSPS) is 12.3. The fourth-order valence-electron chi connectivity index (χ4n) is 2.69. The van der Waals surface area contributed by atoms with E-state index in [1.165, 1.54) is 26.4 Å². The average Bonchev–Trinajstić information content (AvgIpc) is 2.73. The summed E-state index contributed by atoms with van der Waals surface area (Å²) < 4.78 is 5.49. The van der Waals surface area contributed by atoms with E-state index in [2.05, 4.69) is 58.1 Å². The van der Waals surface area contributed by atoms with Gasteiger partial charge in [0.25, 0.3) is 0 Å². The van der Waals surface area contributed by atoms with Gasteiger partial charge in [-0.05, 0) is 57.9 Å². The van der Waals surface area contributed by atoms with Gasteiger partial charge in [-0.1, -0.05) is 6.07 Å². The molecule has 1 aromatic heterocycles. The molecule has 0 fully saturated rings. The lowest BCUT2D eigenvalue weighted by molar-refractivity contribution is 0.409. The van der Waals surface area contributed by atoms with Crippen LogP contribution in [-0.4, -0.2) is 7.11 Å². The Morgan fingerprint density at radius 3 is 2.40 bits per heavy atom. The molecule has 3 heteroatoms. The molecular weight excluding hydrogens is 266 g/mol. The van der Waals surface area contributed by atoms with Gasteiger partial charge >= 0.3 is 0 Å². The zero-order valence-electron chi connectivity index (χ0n) is 13.1. The second kappa shape index (κ2) is 5.88. The van der Waals surface area contributed by atoms with Gasteiger partial charge in [0.15, 0.2) is 0 Å². The van der Waals surface area contributed by atoms with Crippen molar-refractivity contribution in [3.63, 3.8) is 0 Å². The summed E-state index contributed by atoms with van der Waals surface area (Å²) in [5.74, 6) is 0.973. The molecule has 2 aromatic rings. The van der Waals surface area contributed by atoms with Gasteiger partial charge in [0.1, 0.15) is 5.75 Å². The van der Waals surface area contributed by atoms with Gasteiger partial charge in [-0.25, -0.2) is 0 Å². The average molecular weight is 289 g/mol. The van der Waals surface area contributed by atoms with Crippen molar-refractivity contribution in [1.82, 2.24) is 0 Å². The quantitative estimate of drug-likeness (QED) is 0.839. The summed E-state index contributed by atoms with van der Waals surface area (Å²) in [5, 5.41) is 3.61. The van der Waals surface area contributed by atoms with E-state index in [0.29, 0.717) is 6.04 Å². The Bertz CT molecular complexity index is 616. The van der Waals surface area contributed by atoms with Crippen LogP contribution < -0.4 is 10.1 Å². The molecule has 0 spiro atoms. The van der Waals surface area contributed by atoms with E-state index in [4.69, 9.17) is 4.74 Å². The number of ether oxygens (including phenoxy) is 1. The molecule has 0 saturated carbocycles. The molecule has 1 N–H and O–H groups in total. The summed E-state index contributed by atoms with van der Waals surface area (Å²) in [6.45, 7) is 10.7. The fraction of sp³-hybridized carbons (Fsp3) is 0.412. The second-order valence-electron chi connectivity index (χ2n) is 5.32. The number of benzene rings is 1. The number of thiophene rings is 1. The van der Waals surface area contributed by atoms with Gasteiger partial charge in [-0.15, -0.1) is 11.3 Å². The fourth-order valence-corrected chi connectivity index (χ4v) is 3.71. The molecule has 0 bridgehead atoms. The van der Waals surface area contributed by atoms with Gasteiger partial charge in [0.05, 0.1) is 7.11 Å². The molecule has 1 aromatic carbocycles. The summed E-state index contributed by atoms with van der Waals surface area (Å²) in [7, 11) is 1.73. The summed E-state index contributed by atoms with van der Waals surface area (Å²) in [4.78, 5) is 2.75. The molecule has 108 valence electrons. The first-order chi connectivity index (χ1) is 9.43. The molecule has 2 rings (SSSR count). The molecule has 0 radical (unpaired) electrons. The van der Waals surface area contributed by atoms with Crippen molar-refractivity contribution in [2.45, 2.75) is 40.7 Å². The molecule has 2 nitrogen and oxygen atoms in total. The molecule has 20 heavy (non-hydrogen) atoms. The molecule has 1 heterocycles. The smallest absolute Gasteiger partial charge is 0.126 e. The largest absolute Gasteiger partial charge is 0.496 e. The monoisotopic (exact) mass is 289 g/mol. The lowest BCUT2D eigenvalue weighted by Gasteiger charge is -2.19. The van der Waals surface area contributed by atoms with E-state index < -0.39 is 0 Å². The predicted molar refractivity (Wildman–Crippen MR) is 88.3 cm³/mol. The van der Waals surface area contributed by atoms with Crippen LogP contribution in [0.1, 0.15) is 39.4 Å². The molecule has 0 aliphatic rings. The summed E-state index contributed by atoms with van der Waals surface area (Å²) >= 11 is 1.86. The van der Waals surface area contributed by atoms with Crippen molar-refractivity contribution >= 4 is 17.0 Å². The van der Waals surface area contributed by atoms with Crippen LogP contribution in [0.5, 0.6) is 5.75 Å². The molecule has 1 unspecified atom stereocenters. The highest BCUT2D eigenvalue weighted by Crippen LogP contribution is 2.33. The number of nitrogens with one attached hydrogen (secondary N) is 1. The summed E-state index contributed by atoms with van der Waals surface area (Å²) in [6.07, 6.45) is 0. The zero-order valence-corrected chi connectivity index (χ0v) is 13.9. The first-order valence-corrected chi connectivity index (χ1v) is 7.73. The van der Waals surface area contributed by atoms with Crippen molar-refractivity contribution in [1.29, 1.82) is 0 Å². The highest BCUT2D eigenvalue weighted by atomic mass is 32.1. The maximum Gasteiger partial charge on any atom is 0.126 e. The van der Waals surface area contributed by atoms with Crippen LogP contribution in [-0.2, 0) is 0 Å². The van der Waals surface area contributed by atoms with Gasteiger partial charge in [-0.3, -0.25) is 0 Å². The molecular formula is C17H23NOS. The second-order valence-corrected chi connectivity index (χ2v) is 6.78. The predicted octanol–water partition coefficient (Wildman–Crippen LogP) is 5.16. The SMILES string of the molecule is COc1c(C)ccc(NC(C)c2cc(C)sc2C)c1C. The van der Waals surface area contributed by atoms with Gasteiger partial charge in [0.2, 0.25) is 0 Å². The number of anilines is 1. The third-order valence-electron chi connectivity index (χ3n) is 3.72. The Morgan fingerprint density at radius 2 is 1.85 bits per heavy atom. The van der Waals surface area contributed by atoms with Crippen LogP contribution in [0.2, 0.25) is 0 Å². The minimum atomic E-state index is 0.297. The number of aryl methyl sites for hydroxylation is 3. The Labute approximate surface area is 125 Å². The Kier molecular flexibility index (Phi) is 4.39. The van der Waals surface area contributed by atoms with E-state index in [1.807, 2.05) is 11.3 Å². The number of hydrogen-bond acceptors (Lipinski definition) is 3. The van der Waals surface area contributed by atoms with Crippen molar-refractivity contribution in [3.05, 3.63) is 44.6 Å². The zero-order chi connectivity index (χ0) is 14.9. The Balaban J connectivity index is 2.28. The maximum absolute atomic E-state index is 5.49. The highest BCUT2D eigenvalue weighted by Gasteiger charge is 2.14. The lowest BCUT2D eigenvalue weighted by Crippen LogP contribution is -2.08. The van der Waals surface area contributed by atoms with Crippen LogP contribution >= 0.6 is 11.3 Å². The van der Waals surface area contributed by atoms with Gasteiger partial charge in [-0.2, -0.15) is 0 Å². The molecule has 0 aliphatic carbocycles. The van der Waals surface area contributed by atoms with E-state index in [9.17, 15) is 0 Å². The topological polar surface area (TPSA) is 21.3 Å². The summed E-state index contributed by atoms with van der Waals surface area (Å²) in [5.41, 5.74) is 4.87. The lowest BCUT2D eigenvalue weighted by atomic mass is 10.1. The number of rotatable bonds is 4. The maximum atomic E-state index is 5.49. The van der Waals surface area contributed by atoms with Crippen LogP contribution in [0.25, 0.3) is 0 Å². The first-order valence-electron chi connectivity index (χ1n) is 6.91. The van der Waals surface area contributed by atoms with E-state index >= 15 is 0 Å². The van der Waals surface area contributed by atoms with Crippen LogP contribution in [0.4, 0.5) is 5.69 Å². The van der Waals surface area contributed by atoms with Crippen molar-refractivity contribution < 1.29 is 4.74 Å². The third-order valence-corrected chi connectivity index (χ3v) is 4.71. The van der Waals surface area contributed by atoms with Crippen LogP contribution in [0.3, 0.4) is 0 Å². The number of methoxy groups -OCH3 is 1. The van der Waals surface area contributed by atoms with Crippen LogP contribution in [0.15, 0.2) is 18.2 Å². The van der Waals surface area contributed by atoms with Crippen molar-refractivity contribution in [2.24, 2.45) is 0 Å². The minimum absolute atomic E-state index is 0.297. The summed E-state index contributed by atoms with van der Waals surface area (Å²) in [6, 6.07) is 6.81. The molecule has 0 saturated heterocycles. The van der Waals surface area contributed by atoms with Gasteiger partial charge < -0.3 is 10.1 Å². The Hall–Kier alpha value is -1.48. The van der Waals surface area contributed by atoms with E-state index in [0.717, 1.165) is 11.4 Å². The number of hydrogen-bond donors (Lipinski definition) is 1. The van der Waals surface area contributed by atoms with E-state index in [-0.39, 0.29) is 0 Å². The van der Waals surface area contributed by atoms with Gasteiger partial charge in [0, 0.05) is 27.0 Å². The first kappa shape index (κ1) is 14.9. The van der Waals surface area contributed by atoms with Crippen molar-refractivity contribution in [3.8, 4) is 5.75 Å². The molecule has 1 atom stereocenters. The van der Waals surface area contributed by atoms with E-state index in [1.54, 1.807) is 7.11 Å². The minimum Gasteiger partial charge on any atom is -0.496 e. The molecule has 0 aliphatic heterocycles. The standard InChI is InChI=1S/C17H23NOS/c1-10-7-8-16(12(3)17(10)19-6)18-13(4)15-9-11(2)20-14(15)5/h7-9,13,18H,1-6H3. The third kappa shape index (κ3) is 2.83. The van der Waals surface area contributed by atoms with Crippen molar-refractivity contribution in [2.75, 3.05) is 12.4 Å². The molecule has 0 amide bonds. The Morgan fingerprint density at radius 1 is 1.15 bits per heavy atom.